The van der Waals surface area contributed by atoms with E-state index in [1.807, 2.05) is 0 Å². The summed E-state index contributed by atoms with van der Waals surface area (Å²) in [6.45, 7) is 3.61. The summed E-state index contributed by atoms with van der Waals surface area (Å²) in [7, 11) is -0.664. The van der Waals surface area contributed by atoms with Gasteiger partial charge in [-0.25, -0.2) is 0 Å². The van der Waals surface area contributed by atoms with Crippen LogP contribution in [0.15, 0.2) is 0 Å². The van der Waals surface area contributed by atoms with E-state index in [1.165, 1.54) is 0 Å². The molecule has 0 aromatic heterocycles. The second kappa shape index (κ2) is 5.93. The molecule has 0 radical (unpaired) electrons. The molecule has 2 saturated heterocycles. The molecule has 2 rings (SSSR count). The number of amides is 1. The smallest absolute Gasteiger partial charge is 0.238 e. The molecule has 0 aromatic carbocycles. The van der Waals surface area contributed by atoms with E-state index in [0.717, 1.165) is 30.9 Å². The summed E-state index contributed by atoms with van der Waals surface area (Å²) in [5.74, 6) is 1.51. The predicted molar refractivity (Wildman–Crippen MR) is 68.3 cm³/mol. The lowest BCUT2D eigenvalue weighted by Gasteiger charge is -2.30. The highest BCUT2D eigenvalue weighted by Gasteiger charge is 2.26. The van der Waals surface area contributed by atoms with Crippen molar-refractivity contribution in [2.24, 2.45) is 0 Å². The van der Waals surface area contributed by atoms with Gasteiger partial charge in [0.1, 0.15) is 0 Å². The van der Waals surface area contributed by atoms with Crippen molar-refractivity contribution < 1.29 is 9.00 Å². The number of piperazine rings is 1. The number of hydrogen-bond acceptors (Lipinski definition) is 4. The molecule has 6 heteroatoms. The summed E-state index contributed by atoms with van der Waals surface area (Å²) < 4.78 is 11.2. The molecule has 1 amide bonds. The number of carbonyl (C=O) groups excluding carboxylic acids is 1. The first-order valence-electron chi connectivity index (χ1n) is 6.27. The van der Waals surface area contributed by atoms with E-state index < -0.39 is 10.8 Å². The minimum absolute atomic E-state index is 0.0714. The Balaban J connectivity index is 1.75. The Morgan fingerprint density at radius 2 is 1.94 bits per heavy atom. The SMILES string of the molecule is CC1CNC(C(=O)NC2CCS(=O)CC2)CN1. The van der Waals surface area contributed by atoms with Gasteiger partial charge in [-0.05, 0) is 19.8 Å². The van der Waals surface area contributed by atoms with Crippen molar-refractivity contribution in [3.63, 3.8) is 0 Å². The highest BCUT2D eigenvalue weighted by atomic mass is 32.2. The number of nitrogens with one attached hydrogen (secondary N) is 3. The zero-order valence-electron chi connectivity index (χ0n) is 10.2. The normalized spacial score (nSPS) is 38.6. The van der Waals surface area contributed by atoms with Gasteiger partial charge in [-0.15, -0.1) is 0 Å². The van der Waals surface area contributed by atoms with Crippen molar-refractivity contribution in [1.29, 1.82) is 0 Å². The predicted octanol–water partition coefficient (Wildman–Crippen LogP) is -1.04. The van der Waals surface area contributed by atoms with Gasteiger partial charge < -0.3 is 16.0 Å². The Kier molecular flexibility index (Phi) is 4.53. The van der Waals surface area contributed by atoms with Gasteiger partial charge in [0.2, 0.25) is 5.91 Å². The molecule has 5 nitrogen and oxygen atoms in total. The number of carbonyl (C=O) groups is 1. The maximum atomic E-state index is 12.0. The molecule has 2 aliphatic rings. The highest BCUT2D eigenvalue weighted by molar-refractivity contribution is 7.85. The van der Waals surface area contributed by atoms with Crippen molar-refractivity contribution in [3.8, 4) is 0 Å². The van der Waals surface area contributed by atoms with Gasteiger partial charge in [0, 0.05) is 47.5 Å². The van der Waals surface area contributed by atoms with E-state index in [0.29, 0.717) is 12.6 Å². The topological polar surface area (TPSA) is 70.2 Å². The molecule has 2 heterocycles. The van der Waals surface area contributed by atoms with Crippen molar-refractivity contribution in [2.75, 3.05) is 24.6 Å². The quantitative estimate of drug-likeness (QED) is 0.593. The first-order chi connectivity index (χ1) is 8.15. The van der Waals surface area contributed by atoms with E-state index in [9.17, 15) is 9.00 Å². The third-order valence-corrected chi connectivity index (χ3v) is 4.77. The average Bonchev–Trinajstić information content (AvgIpc) is 2.33. The summed E-state index contributed by atoms with van der Waals surface area (Å²) in [5.41, 5.74) is 0. The summed E-state index contributed by atoms with van der Waals surface area (Å²) in [6, 6.07) is 0.510. The molecule has 0 saturated carbocycles. The molecular formula is C11H21N3O2S. The summed E-state index contributed by atoms with van der Waals surface area (Å²) >= 11 is 0. The van der Waals surface area contributed by atoms with Gasteiger partial charge in [-0.1, -0.05) is 0 Å². The molecule has 2 atom stereocenters. The van der Waals surface area contributed by atoms with Gasteiger partial charge in [0.25, 0.3) is 0 Å². The average molecular weight is 259 g/mol. The molecule has 98 valence electrons. The van der Waals surface area contributed by atoms with Gasteiger partial charge in [0.05, 0.1) is 6.04 Å². The van der Waals surface area contributed by atoms with Gasteiger partial charge in [0.15, 0.2) is 0 Å². The van der Waals surface area contributed by atoms with Gasteiger partial charge in [-0.3, -0.25) is 9.00 Å². The second-order valence-corrected chi connectivity index (χ2v) is 6.60. The van der Waals surface area contributed by atoms with Crippen LogP contribution in [0.3, 0.4) is 0 Å². The Morgan fingerprint density at radius 3 is 2.53 bits per heavy atom. The molecule has 17 heavy (non-hydrogen) atoms. The van der Waals surface area contributed by atoms with Crippen LogP contribution in [0, 0.1) is 0 Å². The number of hydrogen-bond donors (Lipinski definition) is 3. The van der Waals surface area contributed by atoms with Crippen LogP contribution in [0.25, 0.3) is 0 Å². The Bertz CT molecular complexity index is 293. The molecule has 0 aromatic rings. The standard InChI is InChI=1S/C11H21N3O2S/c1-8-6-13-10(7-12-8)11(15)14-9-2-4-17(16)5-3-9/h8-10,12-13H,2-7H2,1H3,(H,14,15). The zero-order valence-corrected chi connectivity index (χ0v) is 11.0. The fourth-order valence-electron chi connectivity index (χ4n) is 2.21. The molecule has 0 spiro atoms. The van der Waals surface area contributed by atoms with Gasteiger partial charge in [-0.2, -0.15) is 0 Å². The van der Waals surface area contributed by atoms with E-state index in [2.05, 4.69) is 22.9 Å². The lowest BCUT2D eigenvalue weighted by molar-refractivity contribution is -0.124. The molecular weight excluding hydrogens is 238 g/mol. The third-order valence-electron chi connectivity index (χ3n) is 3.39. The maximum Gasteiger partial charge on any atom is 0.238 e. The fraction of sp³-hybridized carbons (Fsp3) is 0.909. The Labute approximate surface area is 105 Å². The molecule has 0 bridgehead atoms. The molecule has 3 N–H and O–H groups in total. The van der Waals surface area contributed by atoms with Crippen LogP contribution >= 0.6 is 0 Å². The second-order valence-electron chi connectivity index (χ2n) is 4.90. The van der Waals surface area contributed by atoms with E-state index in [1.54, 1.807) is 0 Å². The van der Waals surface area contributed by atoms with Crippen LogP contribution in [-0.2, 0) is 15.6 Å². The minimum atomic E-state index is -0.664. The van der Waals surface area contributed by atoms with Crippen molar-refractivity contribution in [2.45, 2.75) is 37.9 Å². The van der Waals surface area contributed by atoms with Crippen LogP contribution in [0.2, 0.25) is 0 Å². The maximum absolute atomic E-state index is 12.0. The van der Waals surface area contributed by atoms with Crippen molar-refractivity contribution in [3.05, 3.63) is 0 Å². The first kappa shape index (κ1) is 13.0. The molecule has 0 aliphatic carbocycles. The minimum Gasteiger partial charge on any atom is -0.352 e. The highest BCUT2D eigenvalue weighted by Crippen LogP contribution is 2.09. The van der Waals surface area contributed by atoms with Crippen molar-refractivity contribution in [1.82, 2.24) is 16.0 Å². The van der Waals surface area contributed by atoms with E-state index >= 15 is 0 Å². The van der Waals surface area contributed by atoms with Crippen LogP contribution < -0.4 is 16.0 Å². The number of rotatable bonds is 2. The summed E-state index contributed by atoms with van der Waals surface area (Å²) in [4.78, 5) is 12.0. The van der Waals surface area contributed by atoms with E-state index in [4.69, 9.17) is 0 Å². The Morgan fingerprint density at radius 1 is 1.24 bits per heavy atom. The largest absolute Gasteiger partial charge is 0.352 e. The molecule has 2 unspecified atom stereocenters. The zero-order chi connectivity index (χ0) is 12.3. The van der Waals surface area contributed by atoms with Gasteiger partial charge >= 0.3 is 0 Å². The summed E-state index contributed by atoms with van der Waals surface area (Å²) in [6.07, 6.45) is 1.68. The molecule has 2 aliphatic heterocycles. The van der Waals surface area contributed by atoms with Crippen molar-refractivity contribution >= 4 is 16.7 Å². The lowest BCUT2D eigenvalue weighted by atomic mass is 10.1. The summed E-state index contributed by atoms with van der Waals surface area (Å²) in [5, 5.41) is 9.57. The lowest BCUT2D eigenvalue weighted by Crippen LogP contribution is -2.60. The van der Waals surface area contributed by atoms with Crippen LogP contribution in [-0.4, -0.2) is 52.8 Å². The first-order valence-corrected chi connectivity index (χ1v) is 7.76. The molecule has 2 fully saturated rings. The third kappa shape index (κ3) is 3.76. The van der Waals surface area contributed by atoms with E-state index in [-0.39, 0.29) is 18.0 Å². The Hall–Kier alpha value is -0.460. The van der Waals surface area contributed by atoms with Crippen LogP contribution in [0.1, 0.15) is 19.8 Å². The monoisotopic (exact) mass is 259 g/mol. The fourth-order valence-corrected chi connectivity index (χ4v) is 3.51. The van der Waals surface area contributed by atoms with Crippen LogP contribution in [0.4, 0.5) is 0 Å². The van der Waals surface area contributed by atoms with Crippen LogP contribution in [0.5, 0.6) is 0 Å².